The lowest BCUT2D eigenvalue weighted by molar-refractivity contribution is 0.0366. The lowest BCUT2D eigenvalue weighted by Gasteiger charge is -2.25. The van der Waals surface area contributed by atoms with Crippen LogP contribution in [0.25, 0.3) is 0 Å². The molecule has 0 unspecified atom stereocenters. The van der Waals surface area contributed by atoms with Crippen LogP contribution in [0.1, 0.15) is 42.8 Å². The van der Waals surface area contributed by atoms with Crippen LogP contribution in [0.5, 0.6) is 0 Å². The monoisotopic (exact) mass is 318 g/mol. The summed E-state index contributed by atoms with van der Waals surface area (Å²) >= 11 is 0. The smallest absolute Gasteiger partial charge is 0.315 e. The zero-order valence-electron chi connectivity index (χ0n) is 13.4. The maximum absolute atomic E-state index is 12.2. The summed E-state index contributed by atoms with van der Waals surface area (Å²) in [6, 6.07) is 3.04. The Morgan fingerprint density at radius 3 is 3.17 bits per heavy atom. The van der Waals surface area contributed by atoms with Gasteiger partial charge in [0.15, 0.2) is 0 Å². The lowest BCUT2D eigenvalue weighted by atomic mass is 9.93. The molecule has 1 aliphatic rings. The number of aromatic nitrogens is 2. The molecule has 124 valence electrons. The van der Waals surface area contributed by atoms with Crippen molar-refractivity contribution in [1.29, 1.82) is 0 Å². The molecule has 7 heteroatoms. The third-order valence-corrected chi connectivity index (χ3v) is 4.33. The second-order valence-corrected chi connectivity index (χ2v) is 6.19. The Morgan fingerprint density at radius 1 is 1.61 bits per heavy atom. The summed E-state index contributed by atoms with van der Waals surface area (Å²) in [5.41, 5.74) is 1.00. The van der Waals surface area contributed by atoms with Gasteiger partial charge in [-0.3, -0.25) is 4.68 Å². The van der Waals surface area contributed by atoms with Crippen LogP contribution in [0.4, 0.5) is 4.79 Å². The van der Waals surface area contributed by atoms with E-state index in [1.165, 1.54) is 12.0 Å². The number of carbonyl (C=O) groups is 1. The van der Waals surface area contributed by atoms with E-state index >= 15 is 0 Å². The fourth-order valence-electron chi connectivity index (χ4n) is 2.99. The first-order chi connectivity index (χ1) is 11.0. The Balaban J connectivity index is 1.58. The number of rotatable bonds is 4. The van der Waals surface area contributed by atoms with E-state index in [2.05, 4.69) is 15.7 Å². The average Bonchev–Trinajstić information content (AvgIpc) is 3.17. The van der Waals surface area contributed by atoms with Crippen LogP contribution in [-0.4, -0.2) is 27.5 Å². The number of urea groups is 1. The van der Waals surface area contributed by atoms with Crippen molar-refractivity contribution in [3.63, 3.8) is 0 Å². The van der Waals surface area contributed by atoms with Gasteiger partial charge in [0.25, 0.3) is 0 Å². The fraction of sp³-hybridized carbons (Fsp3) is 0.500. The van der Waals surface area contributed by atoms with Gasteiger partial charge in [0, 0.05) is 18.3 Å². The van der Waals surface area contributed by atoms with Crippen LogP contribution in [0.3, 0.4) is 0 Å². The van der Waals surface area contributed by atoms with E-state index in [0.29, 0.717) is 5.76 Å². The van der Waals surface area contributed by atoms with Crippen LogP contribution >= 0.6 is 0 Å². The van der Waals surface area contributed by atoms with Crippen molar-refractivity contribution in [2.24, 2.45) is 7.05 Å². The molecule has 7 nitrogen and oxygen atoms in total. The van der Waals surface area contributed by atoms with Gasteiger partial charge < -0.3 is 20.2 Å². The molecule has 0 fully saturated rings. The minimum atomic E-state index is -1.24. The topological polar surface area (TPSA) is 92.3 Å². The molecule has 0 aliphatic heterocycles. The second kappa shape index (κ2) is 6.08. The normalized spacial score (nSPS) is 19.7. The number of aryl methyl sites for hydroxylation is 1. The molecule has 0 saturated heterocycles. The SMILES string of the molecule is Cn1ncc2c1CCC[C@@H]2NC(=O)NC[C@](C)(O)c1ccco1. The van der Waals surface area contributed by atoms with Crippen molar-refractivity contribution in [3.05, 3.63) is 41.6 Å². The van der Waals surface area contributed by atoms with E-state index in [-0.39, 0.29) is 18.6 Å². The summed E-state index contributed by atoms with van der Waals surface area (Å²) in [6.45, 7) is 1.67. The Bertz CT molecular complexity index is 676. The zero-order valence-corrected chi connectivity index (χ0v) is 13.4. The average molecular weight is 318 g/mol. The Kier molecular flexibility index (Phi) is 4.12. The molecule has 2 aromatic heterocycles. The first-order valence-corrected chi connectivity index (χ1v) is 7.79. The van der Waals surface area contributed by atoms with Crippen LogP contribution in [-0.2, 0) is 19.1 Å². The van der Waals surface area contributed by atoms with E-state index in [4.69, 9.17) is 4.42 Å². The van der Waals surface area contributed by atoms with Gasteiger partial charge in [-0.2, -0.15) is 5.10 Å². The third-order valence-electron chi connectivity index (χ3n) is 4.33. The number of nitrogens with one attached hydrogen (secondary N) is 2. The highest BCUT2D eigenvalue weighted by atomic mass is 16.4. The molecule has 2 atom stereocenters. The Morgan fingerprint density at radius 2 is 2.43 bits per heavy atom. The van der Waals surface area contributed by atoms with Gasteiger partial charge in [0.05, 0.1) is 25.0 Å². The first-order valence-electron chi connectivity index (χ1n) is 7.79. The van der Waals surface area contributed by atoms with Crippen LogP contribution in [0.2, 0.25) is 0 Å². The predicted molar refractivity (Wildman–Crippen MR) is 83.7 cm³/mol. The highest BCUT2D eigenvalue weighted by Gasteiger charge is 2.28. The minimum Gasteiger partial charge on any atom is -0.466 e. The molecule has 0 saturated carbocycles. The van der Waals surface area contributed by atoms with Gasteiger partial charge in [-0.05, 0) is 38.3 Å². The van der Waals surface area contributed by atoms with Crippen molar-refractivity contribution in [2.75, 3.05) is 6.54 Å². The lowest BCUT2D eigenvalue weighted by Crippen LogP contribution is -2.44. The molecule has 2 heterocycles. The van der Waals surface area contributed by atoms with Crippen molar-refractivity contribution >= 4 is 6.03 Å². The first kappa shape index (κ1) is 15.6. The largest absolute Gasteiger partial charge is 0.466 e. The molecule has 0 bridgehead atoms. The zero-order chi connectivity index (χ0) is 16.4. The number of fused-ring (bicyclic) bond motifs is 1. The van der Waals surface area contributed by atoms with E-state index in [0.717, 1.165) is 24.8 Å². The number of amides is 2. The molecule has 0 spiro atoms. The van der Waals surface area contributed by atoms with Crippen molar-refractivity contribution in [3.8, 4) is 0 Å². The molecule has 23 heavy (non-hydrogen) atoms. The third kappa shape index (κ3) is 3.24. The summed E-state index contributed by atoms with van der Waals surface area (Å²) < 4.78 is 7.06. The van der Waals surface area contributed by atoms with Gasteiger partial charge in [-0.15, -0.1) is 0 Å². The van der Waals surface area contributed by atoms with Gasteiger partial charge in [0.2, 0.25) is 0 Å². The quantitative estimate of drug-likeness (QED) is 0.798. The van der Waals surface area contributed by atoms with Crippen LogP contribution in [0, 0.1) is 0 Å². The summed E-state index contributed by atoms with van der Waals surface area (Å²) in [4.78, 5) is 12.2. The summed E-state index contributed by atoms with van der Waals surface area (Å²) in [6.07, 6.45) is 6.20. The van der Waals surface area contributed by atoms with E-state index in [1.807, 2.05) is 17.9 Å². The standard InChI is InChI=1S/C16H22N4O3/c1-16(22,14-7-4-8-23-14)10-17-15(21)19-12-5-3-6-13-11(12)9-18-20(13)2/h4,7-9,12,22H,3,5-6,10H2,1-2H3,(H2,17,19,21)/t12-,16-/m0/s1. The molecule has 2 aromatic rings. The molecule has 3 N–H and O–H groups in total. The van der Waals surface area contributed by atoms with Gasteiger partial charge in [-0.1, -0.05) is 0 Å². The molecule has 2 amide bonds. The van der Waals surface area contributed by atoms with Crippen molar-refractivity contribution in [2.45, 2.75) is 37.8 Å². The predicted octanol–water partition coefficient (Wildman–Crippen LogP) is 1.60. The van der Waals surface area contributed by atoms with E-state index < -0.39 is 5.60 Å². The highest BCUT2D eigenvalue weighted by molar-refractivity contribution is 5.74. The maximum atomic E-state index is 12.2. The van der Waals surface area contributed by atoms with Gasteiger partial charge >= 0.3 is 6.03 Å². The molecule has 0 radical (unpaired) electrons. The molecule has 0 aromatic carbocycles. The van der Waals surface area contributed by atoms with E-state index in [9.17, 15) is 9.90 Å². The number of furan rings is 1. The Labute approximate surface area is 134 Å². The molecular formula is C16H22N4O3. The number of nitrogens with zero attached hydrogens (tertiary/aromatic N) is 2. The summed E-state index contributed by atoms with van der Waals surface area (Å²) in [5, 5.41) is 20.3. The van der Waals surface area contributed by atoms with Crippen LogP contribution < -0.4 is 10.6 Å². The van der Waals surface area contributed by atoms with Crippen LogP contribution in [0.15, 0.2) is 29.0 Å². The summed E-state index contributed by atoms with van der Waals surface area (Å²) in [5.74, 6) is 0.421. The number of hydrogen-bond acceptors (Lipinski definition) is 4. The van der Waals surface area contributed by atoms with E-state index in [1.54, 1.807) is 19.1 Å². The minimum absolute atomic E-state index is 0.0407. The summed E-state index contributed by atoms with van der Waals surface area (Å²) in [7, 11) is 1.92. The van der Waals surface area contributed by atoms with Gasteiger partial charge in [0.1, 0.15) is 11.4 Å². The molecular weight excluding hydrogens is 296 g/mol. The van der Waals surface area contributed by atoms with Gasteiger partial charge in [-0.25, -0.2) is 4.79 Å². The maximum Gasteiger partial charge on any atom is 0.315 e. The number of aliphatic hydroxyl groups is 1. The molecule has 3 rings (SSSR count). The highest BCUT2D eigenvalue weighted by Crippen LogP contribution is 2.29. The van der Waals surface area contributed by atoms with Crippen molar-refractivity contribution in [1.82, 2.24) is 20.4 Å². The second-order valence-electron chi connectivity index (χ2n) is 6.19. The van der Waals surface area contributed by atoms with Crippen molar-refractivity contribution < 1.29 is 14.3 Å². The number of carbonyl (C=O) groups excluding carboxylic acids is 1. The Hall–Kier alpha value is -2.28. The number of hydrogen-bond donors (Lipinski definition) is 3. The molecule has 1 aliphatic carbocycles. The fourth-order valence-corrected chi connectivity index (χ4v) is 2.99.